The van der Waals surface area contributed by atoms with Crippen molar-refractivity contribution in [1.29, 1.82) is 0 Å². The molecule has 2 fully saturated rings. The number of carbonyl (C=O) groups is 2. The molecule has 7 heteroatoms. The van der Waals surface area contributed by atoms with Crippen molar-refractivity contribution in [3.63, 3.8) is 0 Å². The van der Waals surface area contributed by atoms with Gasteiger partial charge in [-0.2, -0.15) is 0 Å². The van der Waals surface area contributed by atoms with E-state index in [2.05, 4.69) is 6.58 Å². The van der Waals surface area contributed by atoms with Crippen LogP contribution in [0.2, 0.25) is 0 Å². The number of aliphatic hydroxyl groups is 1. The Bertz CT molecular complexity index is 865. The van der Waals surface area contributed by atoms with Crippen LogP contribution in [0.15, 0.2) is 30.9 Å². The summed E-state index contributed by atoms with van der Waals surface area (Å²) >= 11 is 0. The van der Waals surface area contributed by atoms with Crippen LogP contribution in [0.1, 0.15) is 38.2 Å². The minimum atomic E-state index is -1.41. The Labute approximate surface area is 169 Å². The summed E-state index contributed by atoms with van der Waals surface area (Å²) in [7, 11) is 1.45. The van der Waals surface area contributed by atoms with Gasteiger partial charge < -0.3 is 24.1 Å². The molecule has 3 aliphatic rings. The van der Waals surface area contributed by atoms with Crippen LogP contribution in [0, 0.1) is 11.3 Å². The van der Waals surface area contributed by atoms with E-state index < -0.39 is 35.1 Å². The predicted octanol–water partition coefficient (Wildman–Crippen LogP) is 2.36. The fourth-order valence-electron chi connectivity index (χ4n) is 5.79. The van der Waals surface area contributed by atoms with Crippen molar-refractivity contribution in [3.05, 3.63) is 36.4 Å². The van der Waals surface area contributed by atoms with Crippen LogP contribution in [0.25, 0.3) is 0 Å². The minimum Gasteiger partial charge on any atom is -0.454 e. The van der Waals surface area contributed by atoms with Gasteiger partial charge in [-0.05, 0) is 30.0 Å². The lowest BCUT2D eigenvalue weighted by atomic mass is 9.65. The van der Waals surface area contributed by atoms with Crippen LogP contribution in [0.5, 0.6) is 11.5 Å². The fourth-order valence-corrected chi connectivity index (χ4v) is 5.79. The van der Waals surface area contributed by atoms with Crippen LogP contribution in [-0.4, -0.2) is 48.6 Å². The molecule has 1 heterocycles. The highest BCUT2D eigenvalue weighted by atomic mass is 16.7. The number of Topliss-reactive ketones (excluding diaryl/α,β-unsaturated/α-hetero) is 1. The quantitative estimate of drug-likeness (QED) is 0.597. The molecular weight excluding hydrogens is 376 g/mol. The van der Waals surface area contributed by atoms with Crippen LogP contribution in [0.3, 0.4) is 0 Å². The van der Waals surface area contributed by atoms with Gasteiger partial charge in [0.05, 0.1) is 6.10 Å². The third-order valence-electron chi connectivity index (χ3n) is 6.99. The second-order valence-electron chi connectivity index (χ2n) is 8.20. The van der Waals surface area contributed by atoms with Crippen LogP contribution < -0.4 is 9.47 Å². The van der Waals surface area contributed by atoms with Gasteiger partial charge in [0, 0.05) is 31.8 Å². The third-order valence-corrected chi connectivity index (χ3v) is 6.99. The lowest BCUT2D eigenvalue weighted by molar-refractivity contribution is -0.211. The Kier molecular flexibility index (Phi) is 4.70. The molecule has 29 heavy (non-hydrogen) atoms. The maximum atomic E-state index is 13.1. The SMILES string of the molecule is C=CCC12CC(=O)C(OC(C)=O)C(OC)(C(c3ccc4c(c3)OCO4)C1C)C2O. The van der Waals surface area contributed by atoms with Crippen LogP contribution in [0.4, 0.5) is 0 Å². The normalized spacial score (nSPS) is 37.4. The molecule has 0 aromatic heterocycles. The highest BCUT2D eigenvalue weighted by Gasteiger charge is 2.74. The van der Waals surface area contributed by atoms with Gasteiger partial charge in [0.25, 0.3) is 0 Å². The van der Waals surface area contributed by atoms with Crippen molar-refractivity contribution < 1.29 is 33.6 Å². The third kappa shape index (κ3) is 2.57. The summed E-state index contributed by atoms with van der Waals surface area (Å²) in [4.78, 5) is 25.0. The summed E-state index contributed by atoms with van der Waals surface area (Å²) < 4.78 is 22.3. The van der Waals surface area contributed by atoms with E-state index in [9.17, 15) is 14.7 Å². The topological polar surface area (TPSA) is 91.3 Å². The molecule has 1 aliphatic heterocycles. The van der Waals surface area contributed by atoms with E-state index in [1.54, 1.807) is 6.08 Å². The maximum absolute atomic E-state index is 13.1. The van der Waals surface area contributed by atoms with Gasteiger partial charge in [0.1, 0.15) is 5.60 Å². The molecule has 0 radical (unpaired) electrons. The molecule has 2 bridgehead atoms. The summed E-state index contributed by atoms with van der Waals surface area (Å²) in [6.45, 7) is 7.24. The summed E-state index contributed by atoms with van der Waals surface area (Å²) in [5.74, 6) is -0.155. The van der Waals surface area contributed by atoms with Gasteiger partial charge in [-0.25, -0.2) is 0 Å². The molecule has 4 rings (SSSR count). The zero-order valence-corrected chi connectivity index (χ0v) is 16.8. The van der Waals surface area contributed by atoms with E-state index in [1.165, 1.54) is 14.0 Å². The molecule has 0 amide bonds. The number of benzene rings is 1. The van der Waals surface area contributed by atoms with E-state index in [0.29, 0.717) is 17.9 Å². The summed E-state index contributed by atoms with van der Waals surface area (Å²) in [6.07, 6.45) is 0.0383. The second kappa shape index (κ2) is 6.85. The molecular formula is C22H26O7. The number of rotatable bonds is 5. The Hall–Kier alpha value is -2.38. The van der Waals surface area contributed by atoms with Crippen LogP contribution in [-0.2, 0) is 19.1 Å². The molecule has 6 unspecified atom stereocenters. The number of hydrogen-bond acceptors (Lipinski definition) is 7. The highest BCUT2D eigenvalue weighted by molar-refractivity contribution is 5.89. The number of aliphatic hydroxyl groups excluding tert-OH is 1. The zero-order chi connectivity index (χ0) is 21.0. The lowest BCUT2D eigenvalue weighted by Crippen LogP contribution is -2.64. The number of fused-ring (bicyclic) bond motifs is 3. The van der Waals surface area contributed by atoms with Crippen molar-refractivity contribution in [3.8, 4) is 11.5 Å². The van der Waals surface area contributed by atoms with Crippen molar-refractivity contribution in [2.45, 2.75) is 50.4 Å². The van der Waals surface area contributed by atoms with E-state index in [1.807, 2.05) is 25.1 Å². The summed E-state index contributed by atoms with van der Waals surface area (Å²) in [5, 5.41) is 11.6. The van der Waals surface area contributed by atoms with Gasteiger partial charge in [-0.15, -0.1) is 6.58 Å². The number of ketones is 1. The number of allylic oxidation sites excluding steroid dienone is 1. The lowest BCUT2D eigenvalue weighted by Gasteiger charge is -2.47. The number of hydrogen-bond donors (Lipinski definition) is 1. The molecule has 7 nitrogen and oxygen atoms in total. The van der Waals surface area contributed by atoms with Gasteiger partial charge in [0.15, 0.2) is 23.4 Å². The van der Waals surface area contributed by atoms with E-state index in [0.717, 1.165) is 5.56 Å². The first-order valence-electron chi connectivity index (χ1n) is 9.75. The van der Waals surface area contributed by atoms with Crippen molar-refractivity contribution in [1.82, 2.24) is 0 Å². The molecule has 1 aromatic carbocycles. The molecule has 2 saturated carbocycles. The smallest absolute Gasteiger partial charge is 0.303 e. The van der Waals surface area contributed by atoms with Gasteiger partial charge in [0.2, 0.25) is 6.79 Å². The number of methoxy groups -OCH3 is 1. The van der Waals surface area contributed by atoms with E-state index in [-0.39, 0.29) is 24.9 Å². The molecule has 156 valence electrons. The Morgan fingerprint density at radius 3 is 2.76 bits per heavy atom. The predicted molar refractivity (Wildman–Crippen MR) is 103 cm³/mol. The highest BCUT2D eigenvalue weighted by Crippen LogP contribution is 2.66. The Morgan fingerprint density at radius 2 is 2.10 bits per heavy atom. The minimum absolute atomic E-state index is 0.0888. The molecule has 1 aromatic rings. The first-order valence-corrected chi connectivity index (χ1v) is 9.75. The van der Waals surface area contributed by atoms with Crippen molar-refractivity contribution in [2.24, 2.45) is 11.3 Å². The first-order chi connectivity index (χ1) is 13.8. The summed E-state index contributed by atoms with van der Waals surface area (Å²) in [5.41, 5.74) is -1.33. The van der Waals surface area contributed by atoms with Crippen LogP contribution >= 0.6 is 0 Å². The van der Waals surface area contributed by atoms with Gasteiger partial charge in [-0.1, -0.05) is 19.1 Å². The zero-order valence-electron chi connectivity index (χ0n) is 16.8. The fraction of sp³-hybridized carbons (Fsp3) is 0.545. The Balaban J connectivity index is 1.91. The number of carbonyl (C=O) groups excluding carboxylic acids is 2. The summed E-state index contributed by atoms with van der Waals surface area (Å²) in [6, 6.07) is 5.56. The monoisotopic (exact) mass is 402 g/mol. The van der Waals surface area contributed by atoms with Crippen molar-refractivity contribution >= 4 is 11.8 Å². The molecule has 1 N–H and O–H groups in total. The molecule has 0 spiro atoms. The van der Waals surface area contributed by atoms with Crippen molar-refractivity contribution in [2.75, 3.05) is 13.9 Å². The standard InChI is InChI=1S/C22H26O7/c1-5-8-21-10-15(24)19(29-13(3)23)22(26-4,20(21)25)18(12(21)2)14-6-7-16-17(9-14)28-11-27-16/h5-7,9,12,18-20,25H,1,8,10-11H2,2-4H3. The van der Waals surface area contributed by atoms with Gasteiger partial charge in [-0.3, -0.25) is 9.59 Å². The van der Waals surface area contributed by atoms with E-state index >= 15 is 0 Å². The average molecular weight is 402 g/mol. The van der Waals surface area contributed by atoms with Gasteiger partial charge >= 0.3 is 5.97 Å². The largest absolute Gasteiger partial charge is 0.454 e. The number of esters is 1. The molecule has 0 saturated heterocycles. The molecule has 6 atom stereocenters. The first kappa shape index (κ1) is 19.9. The Morgan fingerprint density at radius 1 is 1.38 bits per heavy atom. The number of ether oxygens (including phenoxy) is 4. The van der Waals surface area contributed by atoms with E-state index in [4.69, 9.17) is 18.9 Å². The molecule has 2 aliphatic carbocycles. The maximum Gasteiger partial charge on any atom is 0.303 e. The average Bonchev–Trinajstić information content (AvgIpc) is 3.19. The second-order valence-corrected chi connectivity index (χ2v) is 8.20.